The molecule has 0 saturated heterocycles. The Hall–Kier alpha value is -1.16. The molecule has 1 N–H and O–H groups in total. The fourth-order valence-corrected chi connectivity index (χ4v) is 5.44. The largest absolute Gasteiger partial charge is 0.455 e. The number of hydrogen-bond donors (Lipinski definition) is 1. The summed E-state index contributed by atoms with van der Waals surface area (Å²) in [6.45, 7) is 11.6. The molecule has 2 rings (SSSR count). The molecular weight excluding hydrogens is 304 g/mol. The number of allylic oxidation sites excluding steroid dienone is 1. The molecule has 2 aliphatic rings. The first-order valence-corrected chi connectivity index (χ1v) is 9.05. The van der Waals surface area contributed by atoms with Gasteiger partial charge in [0.25, 0.3) is 0 Å². The van der Waals surface area contributed by atoms with Crippen LogP contribution in [0, 0.1) is 16.7 Å². The normalized spacial score (nSPS) is 35.4. The molecule has 0 unspecified atom stereocenters. The van der Waals surface area contributed by atoms with Crippen LogP contribution in [0.5, 0.6) is 0 Å². The maximum absolute atomic E-state index is 11.6. The Labute approximate surface area is 145 Å². The van der Waals surface area contributed by atoms with Gasteiger partial charge in [0.2, 0.25) is 0 Å². The van der Waals surface area contributed by atoms with Crippen molar-refractivity contribution in [2.24, 2.45) is 16.7 Å². The molecule has 0 radical (unpaired) electrons. The van der Waals surface area contributed by atoms with Crippen LogP contribution in [0.25, 0.3) is 0 Å². The molecule has 0 aliphatic heterocycles. The van der Waals surface area contributed by atoms with E-state index in [1.165, 1.54) is 12.5 Å². The summed E-state index contributed by atoms with van der Waals surface area (Å²) in [7, 11) is 0. The second-order valence-electron chi connectivity index (χ2n) is 8.62. The van der Waals surface area contributed by atoms with Crippen LogP contribution in [-0.4, -0.2) is 29.1 Å². The monoisotopic (exact) mass is 336 g/mol. The summed E-state index contributed by atoms with van der Waals surface area (Å²) in [5, 5.41) is 11.1. The highest BCUT2D eigenvalue weighted by Crippen LogP contribution is 2.60. The number of carbonyl (C=O) groups is 2. The van der Waals surface area contributed by atoms with Gasteiger partial charge in [0.1, 0.15) is 11.9 Å². The van der Waals surface area contributed by atoms with Gasteiger partial charge >= 0.3 is 5.97 Å². The summed E-state index contributed by atoms with van der Waals surface area (Å²) in [6, 6.07) is 0. The quantitative estimate of drug-likeness (QED) is 0.626. The molecule has 0 amide bonds. The Bertz CT molecular complexity index is 560. The minimum atomic E-state index is -0.699. The summed E-state index contributed by atoms with van der Waals surface area (Å²) >= 11 is 0. The average molecular weight is 336 g/mol. The van der Waals surface area contributed by atoms with Crippen LogP contribution in [0.15, 0.2) is 11.1 Å². The van der Waals surface area contributed by atoms with Crippen molar-refractivity contribution in [2.45, 2.75) is 85.9 Å². The van der Waals surface area contributed by atoms with Gasteiger partial charge in [-0.2, -0.15) is 0 Å². The summed E-state index contributed by atoms with van der Waals surface area (Å²) in [5.41, 5.74) is 1.98. The summed E-state index contributed by atoms with van der Waals surface area (Å²) in [5.74, 6) is -0.184. The lowest BCUT2D eigenvalue weighted by molar-refractivity contribution is -0.164. The van der Waals surface area contributed by atoms with E-state index in [9.17, 15) is 14.7 Å². The highest BCUT2D eigenvalue weighted by Gasteiger charge is 2.57. The molecule has 136 valence electrons. The molecule has 0 aromatic carbocycles. The Morgan fingerprint density at radius 2 is 1.83 bits per heavy atom. The number of rotatable bonds is 4. The highest BCUT2D eigenvalue weighted by atomic mass is 16.6. The SMILES string of the molecule is CC(=O)CCC1=C(C)[C@H](OC(C)=O)[C@@H](O)[C@H]2C(C)(C)CCC[C@]12C. The number of aliphatic hydroxyl groups is 1. The molecule has 24 heavy (non-hydrogen) atoms. The maximum Gasteiger partial charge on any atom is 0.303 e. The van der Waals surface area contributed by atoms with Gasteiger partial charge in [0, 0.05) is 19.3 Å². The second kappa shape index (κ2) is 6.62. The first-order chi connectivity index (χ1) is 11.0. The molecule has 1 fully saturated rings. The third-order valence-electron chi connectivity index (χ3n) is 6.31. The molecular formula is C20H32O4. The third-order valence-corrected chi connectivity index (χ3v) is 6.31. The minimum absolute atomic E-state index is 0.0220. The lowest BCUT2D eigenvalue weighted by Crippen LogP contribution is -2.57. The number of ketones is 1. The van der Waals surface area contributed by atoms with E-state index in [0.717, 1.165) is 24.8 Å². The predicted molar refractivity (Wildman–Crippen MR) is 93.4 cm³/mol. The van der Waals surface area contributed by atoms with E-state index in [1.807, 2.05) is 6.92 Å². The Morgan fingerprint density at radius 1 is 1.21 bits per heavy atom. The number of hydrogen-bond acceptors (Lipinski definition) is 4. The zero-order valence-corrected chi connectivity index (χ0v) is 15.9. The fraction of sp³-hybridized carbons (Fsp3) is 0.800. The van der Waals surface area contributed by atoms with Gasteiger partial charge in [-0.25, -0.2) is 0 Å². The zero-order valence-electron chi connectivity index (χ0n) is 15.9. The van der Waals surface area contributed by atoms with E-state index < -0.39 is 12.2 Å². The molecule has 1 saturated carbocycles. The van der Waals surface area contributed by atoms with Crippen molar-refractivity contribution in [2.75, 3.05) is 0 Å². The predicted octanol–water partition coefficient (Wildman–Crippen LogP) is 3.81. The van der Waals surface area contributed by atoms with E-state index in [0.29, 0.717) is 12.8 Å². The molecule has 0 spiro atoms. The lowest BCUT2D eigenvalue weighted by atomic mass is 9.48. The summed E-state index contributed by atoms with van der Waals surface area (Å²) in [6.07, 6.45) is 3.07. The van der Waals surface area contributed by atoms with Gasteiger partial charge in [-0.05, 0) is 49.5 Å². The molecule has 4 atom stereocenters. The Morgan fingerprint density at radius 3 is 2.38 bits per heavy atom. The number of Topliss-reactive ketones (excluding diaryl/α,β-unsaturated/α-hetero) is 1. The van der Waals surface area contributed by atoms with Crippen molar-refractivity contribution in [1.82, 2.24) is 0 Å². The number of aliphatic hydroxyl groups excluding tert-OH is 1. The van der Waals surface area contributed by atoms with E-state index >= 15 is 0 Å². The maximum atomic E-state index is 11.6. The molecule has 0 aromatic heterocycles. The average Bonchev–Trinajstić information content (AvgIpc) is 2.41. The molecule has 0 aromatic rings. The zero-order chi connectivity index (χ0) is 18.3. The smallest absolute Gasteiger partial charge is 0.303 e. The first-order valence-electron chi connectivity index (χ1n) is 9.05. The van der Waals surface area contributed by atoms with Crippen LogP contribution in [0.3, 0.4) is 0 Å². The van der Waals surface area contributed by atoms with E-state index in [4.69, 9.17) is 4.74 Å². The van der Waals surface area contributed by atoms with Gasteiger partial charge in [0.15, 0.2) is 0 Å². The van der Waals surface area contributed by atoms with Crippen molar-refractivity contribution in [3.8, 4) is 0 Å². The molecule has 0 heterocycles. The van der Waals surface area contributed by atoms with E-state index in [2.05, 4.69) is 20.8 Å². The second-order valence-corrected chi connectivity index (χ2v) is 8.62. The minimum Gasteiger partial charge on any atom is -0.455 e. The molecule has 2 aliphatic carbocycles. The van der Waals surface area contributed by atoms with Gasteiger partial charge in [-0.3, -0.25) is 4.79 Å². The van der Waals surface area contributed by atoms with Gasteiger partial charge in [-0.1, -0.05) is 32.8 Å². The topological polar surface area (TPSA) is 63.6 Å². The van der Waals surface area contributed by atoms with Crippen molar-refractivity contribution < 1.29 is 19.4 Å². The third kappa shape index (κ3) is 3.30. The van der Waals surface area contributed by atoms with Crippen molar-refractivity contribution in [3.05, 3.63) is 11.1 Å². The molecule has 4 nitrogen and oxygen atoms in total. The van der Waals surface area contributed by atoms with Crippen LogP contribution >= 0.6 is 0 Å². The van der Waals surface area contributed by atoms with Crippen molar-refractivity contribution in [3.63, 3.8) is 0 Å². The van der Waals surface area contributed by atoms with Crippen LogP contribution in [0.1, 0.15) is 73.6 Å². The number of fused-ring (bicyclic) bond motifs is 1. The van der Waals surface area contributed by atoms with Crippen LogP contribution in [0.2, 0.25) is 0 Å². The lowest BCUT2D eigenvalue weighted by Gasteiger charge is -2.58. The van der Waals surface area contributed by atoms with Gasteiger partial charge in [0.05, 0.1) is 6.10 Å². The van der Waals surface area contributed by atoms with Crippen molar-refractivity contribution >= 4 is 11.8 Å². The summed E-state index contributed by atoms with van der Waals surface area (Å²) < 4.78 is 5.51. The van der Waals surface area contributed by atoms with Crippen molar-refractivity contribution in [1.29, 1.82) is 0 Å². The molecule has 4 heteroatoms. The van der Waals surface area contributed by atoms with Gasteiger partial charge in [-0.15, -0.1) is 0 Å². The fourth-order valence-electron chi connectivity index (χ4n) is 5.44. The van der Waals surface area contributed by atoms with Crippen LogP contribution in [0.4, 0.5) is 0 Å². The number of esters is 1. The number of ether oxygens (including phenoxy) is 1. The Kier molecular flexibility index (Phi) is 5.29. The van der Waals surface area contributed by atoms with Crippen LogP contribution in [-0.2, 0) is 14.3 Å². The van der Waals surface area contributed by atoms with E-state index in [1.54, 1.807) is 6.92 Å². The number of carbonyl (C=O) groups excluding carboxylic acids is 2. The first kappa shape index (κ1) is 19.2. The van der Waals surface area contributed by atoms with Crippen LogP contribution < -0.4 is 0 Å². The summed E-state index contributed by atoms with van der Waals surface area (Å²) in [4.78, 5) is 23.1. The molecule has 0 bridgehead atoms. The standard InChI is InChI=1S/C20H32O4/c1-12(21)8-9-15-13(2)17(24-14(3)22)16(23)18-19(4,5)10-7-11-20(15,18)6/h16-18,23H,7-11H2,1-6H3/t16-,17+,18+,20-/m1/s1. The van der Waals surface area contributed by atoms with E-state index in [-0.39, 0.29) is 28.5 Å². The van der Waals surface area contributed by atoms with Gasteiger partial charge < -0.3 is 14.6 Å². The Balaban J connectivity index is 2.54. The highest BCUT2D eigenvalue weighted by molar-refractivity contribution is 5.75.